The number of hydrogen-bond acceptors (Lipinski definition) is 3. The van der Waals surface area contributed by atoms with E-state index in [1.165, 1.54) is 21.9 Å². The molecule has 2 aromatic rings. The number of amides is 4. The van der Waals surface area contributed by atoms with Gasteiger partial charge in [0.2, 0.25) is 11.8 Å². The van der Waals surface area contributed by atoms with Gasteiger partial charge in [0.1, 0.15) is 18.9 Å². The van der Waals surface area contributed by atoms with Crippen LogP contribution in [0, 0.1) is 5.82 Å². The summed E-state index contributed by atoms with van der Waals surface area (Å²) in [6, 6.07) is 12.3. The minimum Gasteiger partial charge on any atom is -0.355 e. The molecular weight excluding hydrogens is 375 g/mol. The third-order valence-electron chi connectivity index (χ3n) is 4.53. The van der Waals surface area contributed by atoms with Crippen molar-refractivity contribution in [2.45, 2.75) is 19.9 Å². The van der Waals surface area contributed by atoms with Crippen molar-refractivity contribution in [3.05, 3.63) is 59.9 Å². The Balaban J connectivity index is 1.73. The number of nitrogens with one attached hydrogen (secondary N) is 2. The largest absolute Gasteiger partial charge is 0.355 e. The molecule has 152 valence electrons. The average Bonchev–Trinajstić information content (AvgIpc) is 2.73. The van der Waals surface area contributed by atoms with Crippen LogP contribution in [0.15, 0.2) is 48.5 Å². The summed E-state index contributed by atoms with van der Waals surface area (Å²) in [5.41, 5.74) is 1.80. The lowest BCUT2D eigenvalue weighted by molar-refractivity contribution is -0.123. The second-order valence-corrected chi connectivity index (χ2v) is 6.69. The monoisotopic (exact) mass is 398 g/mol. The van der Waals surface area contributed by atoms with Crippen LogP contribution in [0.25, 0.3) is 0 Å². The quantitative estimate of drug-likeness (QED) is 0.784. The van der Waals surface area contributed by atoms with Gasteiger partial charge >= 0.3 is 6.03 Å². The Morgan fingerprint density at radius 3 is 2.41 bits per heavy atom. The topological polar surface area (TPSA) is 81.8 Å². The fraction of sp³-hybridized carbons (Fsp3) is 0.286. The van der Waals surface area contributed by atoms with Gasteiger partial charge in [0.15, 0.2) is 0 Å². The molecule has 29 heavy (non-hydrogen) atoms. The van der Waals surface area contributed by atoms with E-state index in [0.717, 1.165) is 12.0 Å². The number of anilines is 2. The summed E-state index contributed by atoms with van der Waals surface area (Å²) >= 11 is 0. The van der Waals surface area contributed by atoms with Gasteiger partial charge in [-0.05, 0) is 36.2 Å². The van der Waals surface area contributed by atoms with Gasteiger partial charge in [-0.15, -0.1) is 0 Å². The maximum atomic E-state index is 13.0. The standard InChI is InChI=1S/C21H23FN4O3/c1-2-11-23-19(27)13-25-17-5-3-4-6-18(17)26(14-20(25)28)21(29)24-12-15-7-9-16(22)10-8-15/h3-10H,2,11-14H2,1H3,(H,23,27)(H,24,29). The van der Waals surface area contributed by atoms with E-state index in [0.29, 0.717) is 17.9 Å². The molecule has 2 N–H and O–H groups in total. The Labute approximate surface area is 168 Å². The molecule has 0 unspecified atom stereocenters. The van der Waals surface area contributed by atoms with Crippen LogP contribution in [0.2, 0.25) is 0 Å². The van der Waals surface area contributed by atoms with Crippen LogP contribution in [-0.2, 0) is 16.1 Å². The molecule has 0 aromatic heterocycles. The molecule has 2 aromatic carbocycles. The first kappa shape index (κ1) is 20.3. The van der Waals surface area contributed by atoms with Crippen LogP contribution in [0.1, 0.15) is 18.9 Å². The van der Waals surface area contributed by atoms with Crippen LogP contribution in [0.5, 0.6) is 0 Å². The number of halogens is 1. The zero-order chi connectivity index (χ0) is 20.8. The normalized spacial score (nSPS) is 13.1. The lowest BCUT2D eigenvalue weighted by atomic mass is 10.1. The minimum atomic E-state index is -0.440. The van der Waals surface area contributed by atoms with E-state index in [1.807, 2.05) is 6.92 Å². The summed E-state index contributed by atoms with van der Waals surface area (Å²) in [5, 5.41) is 5.50. The number of carbonyl (C=O) groups is 3. The van der Waals surface area contributed by atoms with Crippen molar-refractivity contribution in [2.24, 2.45) is 0 Å². The molecule has 8 heteroatoms. The fourth-order valence-electron chi connectivity index (χ4n) is 3.05. The van der Waals surface area contributed by atoms with E-state index < -0.39 is 6.03 Å². The number of nitrogens with zero attached hydrogens (tertiary/aromatic N) is 2. The molecule has 0 aliphatic carbocycles. The van der Waals surface area contributed by atoms with Gasteiger partial charge in [0.05, 0.1) is 11.4 Å². The SMILES string of the molecule is CCCNC(=O)CN1C(=O)CN(C(=O)NCc2ccc(F)cc2)c2ccccc21. The van der Waals surface area contributed by atoms with Crippen LogP contribution in [-0.4, -0.2) is 37.5 Å². The zero-order valence-electron chi connectivity index (χ0n) is 16.2. The highest BCUT2D eigenvalue weighted by atomic mass is 19.1. The van der Waals surface area contributed by atoms with E-state index in [-0.39, 0.29) is 37.3 Å². The van der Waals surface area contributed by atoms with Gasteiger partial charge in [-0.2, -0.15) is 0 Å². The molecule has 0 saturated heterocycles. The molecular formula is C21H23FN4O3. The number of carbonyl (C=O) groups excluding carboxylic acids is 3. The van der Waals surface area contributed by atoms with Crippen molar-refractivity contribution in [1.29, 1.82) is 0 Å². The van der Waals surface area contributed by atoms with Gasteiger partial charge in [-0.1, -0.05) is 31.2 Å². The summed E-state index contributed by atoms with van der Waals surface area (Å²) in [6.07, 6.45) is 0.804. The molecule has 1 heterocycles. The molecule has 0 bridgehead atoms. The van der Waals surface area contributed by atoms with Gasteiger partial charge in [-0.25, -0.2) is 9.18 Å². The van der Waals surface area contributed by atoms with Crippen LogP contribution in [0.4, 0.5) is 20.6 Å². The van der Waals surface area contributed by atoms with Crippen molar-refractivity contribution in [3.8, 4) is 0 Å². The van der Waals surface area contributed by atoms with E-state index in [1.54, 1.807) is 36.4 Å². The molecule has 1 aliphatic heterocycles. The Morgan fingerprint density at radius 1 is 1.03 bits per heavy atom. The van der Waals surface area contributed by atoms with Gasteiger partial charge < -0.3 is 10.6 Å². The number of benzene rings is 2. The molecule has 4 amide bonds. The predicted octanol–water partition coefficient (Wildman–Crippen LogP) is 2.41. The summed E-state index contributed by atoms with van der Waals surface area (Å²) in [6.45, 7) is 2.42. The highest BCUT2D eigenvalue weighted by Crippen LogP contribution is 2.33. The van der Waals surface area contributed by atoms with Gasteiger partial charge in [-0.3, -0.25) is 19.4 Å². The number of urea groups is 1. The molecule has 0 atom stereocenters. The van der Waals surface area contributed by atoms with Crippen molar-refractivity contribution < 1.29 is 18.8 Å². The first-order valence-electron chi connectivity index (χ1n) is 9.45. The molecule has 3 rings (SSSR count). The van der Waals surface area contributed by atoms with Crippen LogP contribution in [0.3, 0.4) is 0 Å². The lowest BCUT2D eigenvalue weighted by Crippen LogP contribution is -2.53. The average molecular weight is 398 g/mol. The number of fused-ring (bicyclic) bond motifs is 1. The predicted molar refractivity (Wildman–Crippen MR) is 108 cm³/mol. The lowest BCUT2D eigenvalue weighted by Gasteiger charge is -2.35. The van der Waals surface area contributed by atoms with Crippen molar-refractivity contribution in [1.82, 2.24) is 10.6 Å². The van der Waals surface area contributed by atoms with Crippen LogP contribution >= 0.6 is 0 Å². The summed E-state index contributed by atoms with van der Waals surface area (Å²) in [7, 11) is 0. The second kappa shape index (κ2) is 9.18. The highest BCUT2D eigenvalue weighted by Gasteiger charge is 2.33. The second-order valence-electron chi connectivity index (χ2n) is 6.69. The maximum Gasteiger partial charge on any atom is 0.322 e. The van der Waals surface area contributed by atoms with Crippen LogP contribution < -0.4 is 20.4 Å². The highest BCUT2D eigenvalue weighted by molar-refractivity contribution is 6.12. The Kier molecular flexibility index (Phi) is 6.43. The van der Waals surface area contributed by atoms with Crippen molar-refractivity contribution in [3.63, 3.8) is 0 Å². The third kappa shape index (κ3) is 4.90. The van der Waals surface area contributed by atoms with Gasteiger partial charge in [0, 0.05) is 13.1 Å². The number of hydrogen-bond donors (Lipinski definition) is 2. The van der Waals surface area contributed by atoms with E-state index >= 15 is 0 Å². The molecule has 1 aliphatic rings. The van der Waals surface area contributed by atoms with Crippen molar-refractivity contribution in [2.75, 3.05) is 29.4 Å². The Morgan fingerprint density at radius 2 is 1.72 bits per heavy atom. The first-order chi connectivity index (χ1) is 14.0. The number of para-hydroxylation sites is 2. The summed E-state index contributed by atoms with van der Waals surface area (Å²) in [4.78, 5) is 40.2. The first-order valence-corrected chi connectivity index (χ1v) is 9.45. The molecule has 0 spiro atoms. The summed E-state index contributed by atoms with van der Waals surface area (Å²) < 4.78 is 13.0. The van der Waals surface area contributed by atoms with E-state index in [9.17, 15) is 18.8 Å². The molecule has 0 fully saturated rings. The third-order valence-corrected chi connectivity index (χ3v) is 4.53. The maximum absolute atomic E-state index is 13.0. The zero-order valence-corrected chi connectivity index (χ0v) is 16.2. The smallest absolute Gasteiger partial charge is 0.322 e. The molecule has 0 radical (unpaired) electrons. The number of rotatable bonds is 6. The molecule has 7 nitrogen and oxygen atoms in total. The fourth-order valence-corrected chi connectivity index (χ4v) is 3.05. The van der Waals surface area contributed by atoms with E-state index in [4.69, 9.17) is 0 Å². The van der Waals surface area contributed by atoms with Gasteiger partial charge in [0.25, 0.3) is 0 Å². The minimum absolute atomic E-state index is 0.0963. The Hall–Kier alpha value is -3.42. The van der Waals surface area contributed by atoms with E-state index in [2.05, 4.69) is 10.6 Å². The summed E-state index contributed by atoms with van der Waals surface area (Å²) in [5.74, 6) is -0.935. The Bertz CT molecular complexity index is 901. The van der Waals surface area contributed by atoms with Crippen molar-refractivity contribution >= 4 is 29.2 Å². The molecule has 0 saturated carbocycles.